The zero-order valence-corrected chi connectivity index (χ0v) is 13.3. The summed E-state index contributed by atoms with van der Waals surface area (Å²) < 4.78 is 15.7. The second kappa shape index (κ2) is 5.93. The van der Waals surface area contributed by atoms with Crippen LogP contribution in [0, 0.1) is 5.82 Å². The van der Waals surface area contributed by atoms with Gasteiger partial charge in [-0.05, 0) is 51.1 Å². The van der Waals surface area contributed by atoms with Gasteiger partial charge in [0, 0.05) is 12.6 Å². The van der Waals surface area contributed by atoms with E-state index in [4.69, 9.17) is 11.6 Å². The highest BCUT2D eigenvalue weighted by Crippen LogP contribution is 2.28. The highest BCUT2D eigenvalue weighted by molar-refractivity contribution is 6.20. The van der Waals surface area contributed by atoms with Crippen molar-refractivity contribution < 1.29 is 4.39 Å². The number of halogens is 2. The molecule has 1 aromatic heterocycles. The van der Waals surface area contributed by atoms with Crippen molar-refractivity contribution >= 4 is 22.6 Å². The third kappa shape index (κ3) is 2.79. The van der Waals surface area contributed by atoms with Crippen molar-refractivity contribution in [3.05, 3.63) is 29.8 Å². The molecule has 2 aromatic rings. The van der Waals surface area contributed by atoms with E-state index in [-0.39, 0.29) is 11.2 Å². The summed E-state index contributed by atoms with van der Waals surface area (Å²) in [7, 11) is 0. The van der Waals surface area contributed by atoms with Crippen molar-refractivity contribution in [3.8, 4) is 0 Å². The summed E-state index contributed by atoms with van der Waals surface area (Å²) in [5.41, 5.74) is 1.67. The van der Waals surface area contributed by atoms with Crippen LogP contribution in [-0.2, 0) is 6.54 Å². The summed E-state index contributed by atoms with van der Waals surface area (Å²) in [6, 6.07) is 5.24. The molecule has 114 valence electrons. The molecule has 5 heteroatoms. The lowest BCUT2D eigenvalue weighted by Gasteiger charge is -2.24. The number of nitrogens with zero attached hydrogens (tertiary/aromatic N) is 3. The third-order valence-corrected chi connectivity index (χ3v) is 4.59. The van der Waals surface area contributed by atoms with E-state index >= 15 is 0 Å². The van der Waals surface area contributed by atoms with Crippen molar-refractivity contribution in [1.29, 1.82) is 0 Å². The van der Waals surface area contributed by atoms with E-state index < -0.39 is 0 Å². The van der Waals surface area contributed by atoms with Gasteiger partial charge in [0.15, 0.2) is 0 Å². The summed E-state index contributed by atoms with van der Waals surface area (Å²) >= 11 is 6.28. The van der Waals surface area contributed by atoms with Gasteiger partial charge in [0.2, 0.25) is 0 Å². The number of hydrogen-bond donors (Lipinski definition) is 0. The molecule has 2 atom stereocenters. The summed E-state index contributed by atoms with van der Waals surface area (Å²) in [6.07, 6.45) is 2.41. The lowest BCUT2D eigenvalue weighted by molar-refractivity contribution is 0.244. The van der Waals surface area contributed by atoms with Crippen molar-refractivity contribution in [2.24, 2.45) is 0 Å². The molecule has 2 heterocycles. The summed E-state index contributed by atoms with van der Waals surface area (Å²) in [5.74, 6) is 0.608. The molecule has 0 amide bonds. The predicted molar refractivity (Wildman–Crippen MR) is 84.2 cm³/mol. The van der Waals surface area contributed by atoms with Crippen molar-refractivity contribution in [3.63, 3.8) is 0 Å². The molecule has 21 heavy (non-hydrogen) atoms. The number of benzene rings is 1. The van der Waals surface area contributed by atoms with E-state index in [1.54, 1.807) is 12.1 Å². The van der Waals surface area contributed by atoms with Crippen LogP contribution in [0.1, 0.15) is 37.9 Å². The first kappa shape index (κ1) is 14.8. The van der Waals surface area contributed by atoms with E-state index in [2.05, 4.69) is 21.4 Å². The minimum absolute atomic E-state index is 0.183. The quantitative estimate of drug-likeness (QED) is 0.797. The van der Waals surface area contributed by atoms with E-state index in [0.29, 0.717) is 6.04 Å². The molecule has 3 rings (SSSR count). The van der Waals surface area contributed by atoms with Crippen LogP contribution >= 0.6 is 11.6 Å². The van der Waals surface area contributed by atoms with Crippen LogP contribution in [0.5, 0.6) is 0 Å². The molecule has 0 bridgehead atoms. The van der Waals surface area contributed by atoms with Crippen LogP contribution in [-0.4, -0.2) is 33.6 Å². The maximum atomic E-state index is 13.6. The predicted octanol–water partition coefficient (Wildman–Crippen LogP) is 3.96. The largest absolute Gasteiger partial charge is 0.325 e. The Labute approximate surface area is 129 Å². The van der Waals surface area contributed by atoms with Gasteiger partial charge in [0.1, 0.15) is 11.6 Å². The van der Waals surface area contributed by atoms with Crippen LogP contribution in [0.2, 0.25) is 0 Å². The number of hydrogen-bond acceptors (Lipinski definition) is 2. The Balaban J connectivity index is 2.02. The highest BCUT2D eigenvalue weighted by atomic mass is 35.5. The van der Waals surface area contributed by atoms with Crippen LogP contribution in [0.15, 0.2) is 18.2 Å². The molecule has 3 nitrogen and oxygen atoms in total. The molecular weight excluding hydrogens is 289 g/mol. The smallest absolute Gasteiger partial charge is 0.127 e. The topological polar surface area (TPSA) is 21.1 Å². The molecule has 1 aliphatic rings. The van der Waals surface area contributed by atoms with Gasteiger partial charge >= 0.3 is 0 Å². The molecule has 1 aromatic carbocycles. The first-order valence-electron chi connectivity index (χ1n) is 7.64. The van der Waals surface area contributed by atoms with Gasteiger partial charge < -0.3 is 4.57 Å². The van der Waals surface area contributed by atoms with Gasteiger partial charge in [-0.1, -0.05) is 6.92 Å². The van der Waals surface area contributed by atoms with E-state index in [1.165, 1.54) is 18.9 Å². The van der Waals surface area contributed by atoms with E-state index in [1.807, 2.05) is 6.92 Å². The molecule has 1 aliphatic heterocycles. The SMILES string of the molecule is CCN1CCCC1Cn1c(C(C)Cl)nc2ccc(F)cc21. The fourth-order valence-electron chi connectivity index (χ4n) is 3.34. The lowest BCUT2D eigenvalue weighted by atomic mass is 10.2. The second-order valence-electron chi connectivity index (χ2n) is 5.75. The van der Waals surface area contributed by atoms with Crippen LogP contribution < -0.4 is 0 Å². The monoisotopic (exact) mass is 309 g/mol. The van der Waals surface area contributed by atoms with Gasteiger partial charge in [0.05, 0.1) is 16.4 Å². The second-order valence-corrected chi connectivity index (χ2v) is 6.41. The molecular formula is C16H21ClFN3. The first-order valence-corrected chi connectivity index (χ1v) is 8.07. The Morgan fingerprint density at radius 3 is 3.00 bits per heavy atom. The van der Waals surface area contributed by atoms with Crippen LogP contribution in [0.3, 0.4) is 0 Å². The number of rotatable bonds is 4. The molecule has 0 radical (unpaired) electrons. The molecule has 1 saturated heterocycles. The molecule has 0 aliphatic carbocycles. The normalized spacial score (nSPS) is 21.2. The number of likely N-dealkylation sites (N-methyl/N-ethyl adjacent to an activating group) is 1. The zero-order valence-electron chi connectivity index (χ0n) is 12.5. The number of aromatic nitrogens is 2. The van der Waals surface area contributed by atoms with E-state index in [0.717, 1.165) is 36.5 Å². The van der Waals surface area contributed by atoms with Crippen molar-refractivity contribution in [1.82, 2.24) is 14.5 Å². The Bertz CT molecular complexity index is 638. The fourth-order valence-corrected chi connectivity index (χ4v) is 3.51. The minimum Gasteiger partial charge on any atom is -0.325 e. The average Bonchev–Trinajstić information content (AvgIpc) is 3.04. The maximum Gasteiger partial charge on any atom is 0.127 e. The van der Waals surface area contributed by atoms with Crippen molar-refractivity contribution in [2.45, 2.75) is 44.7 Å². The van der Waals surface area contributed by atoms with Crippen molar-refractivity contribution in [2.75, 3.05) is 13.1 Å². The first-order chi connectivity index (χ1) is 10.1. The highest BCUT2D eigenvalue weighted by Gasteiger charge is 2.26. The van der Waals surface area contributed by atoms with Crippen LogP contribution in [0.4, 0.5) is 4.39 Å². The Hall–Kier alpha value is -1.13. The number of alkyl halides is 1. The summed E-state index contributed by atoms with van der Waals surface area (Å²) in [4.78, 5) is 7.07. The lowest BCUT2D eigenvalue weighted by Crippen LogP contribution is -2.33. The number of likely N-dealkylation sites (tertiary alicyclic amines) is 1. The van der Waals surface area contributed by atoms with Crippen LogP contribution in [0.25, 0.3) is 11.0 Å². The van der Waals surface area contributed by atoms with E-state index in [9.17, 15) is 4.39 Å². The van der Waals surface area contributed by atoms with Gasteiger partial charge in [-0.2, -0.15) is 0 Å². The maximum absolute atomic E-state index is 13.6. The molecule has 2 unspecified atom stereocenters. The standard InChI is InChI=1S/C16H21ClFN3/c1-3-20-8-4-5-13(20)10-21-15-9-12(18)6-7-14(15)19-16(21)11(2)17/h6-7,9,11,13H,3-5,8,10H2,1-2H3. The Morgan fingerprint density at radius 1 is 1.48 bits per heavy atom. The molecule has 0 N–H and O–H groups in total. The Kier molecular flexibility index (Phi) is 4.18. The van der Waals surface area contributed by atoms with Gasteiger partial charge in [-0.3, -0.25) is 4.90 Å². The molecule has 0 saturated carbocycles. The zero-order chi connectivity index (χ0) is 15.0. The molecule has 1 fully saturated rings. The molecule has 0 spiro atoms. The average molecular weight is 310 g/mol. The fraction of sp³-hybridized carbons (Fsp3) is 0.562. The van der Waals surface area contributed by atoms with Gasteiger partial charge in [-0.25, -0.2) is 9.37 Å². The van der Waals surface area contributed by atoms with Gasteiger partial charge in [0.25, 0.3) is 0 Å². The summed E-state index contributed by atoms with van der Waals surface area (Å²) in [5, 5.41) is -0.183. The minimum atomic E-state index is -0.226. The Morgan fingerprint density at radius 2 is 2.29 bits per heavy atom. The number of fused-ring (bicyclic) bond motifs is 1. The number of imidazole rings is 1. The van der Waals surface area contributed by atoms with Gasteiger partial charge in [-0.15, -0.1) is 11.6 Å². The third-order valence-electron chi connectivity index (χ3n) is 4.39. The summed E-state index contributed by atoms with van der Waals surface area (Å²) in [6.45, 7) is 7.14.